The second kappa shape index (κ2) is 11.7. The Morgan fingerprint density at radius 3 is 2.34 bits per heavy atom. The van der Waals surface area contributed by atoms with Crippen molar-refractivity contribution in [2.45, 2.75) is 76.2 Å². The summed E-state index contributed by atoms with van der Waals surface area (Å²) in [6.07, 6.45) is 1.18. The van der Waals surface area contributed by atoms with Crippen molar-refractivity contribution in [2.75, 3.05) is 13.1 Å². The fourth-order valence-electron chi connectivity index (χ4n) is 3.24. The monoisotopic (exact) mass is 415 g/mol. The van der Waals surface area contributed by atoms with E-state index < -0.39 is 48.1 Å². The van der Waals surface area contributed by atoms with E-state index in [4.69, 9.17) is 16.6 Å². The predicted molar refractivity (Wildman–Crippen MR) is 104 cm³/mol. The van der Waals surface area contributed by atoms with E-state index in [1.165, 1.54) is 11.8 Å². The van der Waals surface area contributed by atoms with Crippen molar-refractivity contribution in [3.8, 4) is 0 Å². The van der Waals surface area contributed by atoms with Gasteiger partial charge < -0.3 is 37.2 Å². The third-order valence-corrected chi connectivity index (χ3v) is 4.85. The van der Waals surface area contributed by atoms with E-state index in [1.807, 2.05) is 0 Å². The van der Waals surface area contributed by atoms with Gasteiger partial charge in [0.05, 0.1) is 12.1 Å². The number of nitrogens with one attached hydrogen (secondary N) is 2. The number of aliphatic carboxylic acids is 1. The van der Waals surface area contributed by atoms with Gasteiger partial charge in [-0.15, -0.1) is 0 Å². The first-order chi connectivity index (χ1) is 13.6. The summed E-state index contributed by atoms with van der Waals surface area (Å²) in [6.45, 7) is 3.61. The van der Waals surface area contributed by atoms with Crippen LogP contribution < -0.4 is 22.1 Å². The van der Waals surface area contributed by atoms with Crippen molar-refractivity contribution in [2.24, 2.45) is 11.5 Å². The molecular formula is C18H33N5O6. The second-order valence-electron chi connectivity index (χ2n) is 7.39. The van der Waals surface area contributed by atoms with Crippen molar-refractivity contribution in [3.05, 3.63) is 0 Å². The zero-order valence-corrected chi connectivity index (χ0v) is 17.0. The molecule has 0 spiro atoms. The summed E-state index contributed by atoms with van der Waals surface area (Å²) in [5.74, 6) is -2.93. The molecule has 8 N–H and O–H groups in total. The number of unbranched alkanes of at least 4 members (excludes halogenated alkanes) is 1. The molecule has 0 aliphatic carbocycles. The van der Waals surface area contributed by atoms with Gasteiger partial charge in [0.1, 0.15) is 12.1 Å². The highest BCUT2D eigenvalue weighted by atomic mass is 16.4. The molecule has 0 radical (unpaired) electrons. The van der Waals surface area contributed by atoms with Gasteiger partial charge in [-0.3, -0.25) is 14.4 Å². The molecule has 0 saturated carbocycles. The molecule has 1 fully saturated rings. The van der Waals surface area contributed by atoms with Crippen molar-refractivity contribution in [1.82, 2.24) is 15.5 Å². The first-order valence-electron chi connectivity index (χ1n) is 9.87. The Morgan fingerprint density at radius 1 is 1.17 bits per heavy atom. The lowest BCUT2D eigenvalue weighted by Crippen LogP contribution is -2.57. The topological polar surface area (TPSA) is 188 Å². The predicted octanol–water partition coefficient (Wildman–Crippen LogP) is -2.11. The van der Waals surface area contributed by atoms with E-state index in [0.29, 0.717) is 38.8 Å². The van der Waals surface area contributed by atoms with Crippen molar-refractivity contribution < 1.29 is 29.4 Å². The maximum atomic E-state index is 12.8. The largest absolute Gasteiger partial charge is 0.480 e. The number of likely N-dealkylation sites (tertiary alicyclic amines) is 1. The summed E-state index contributed by atoms with van der Waals surface area (Å²) in [5, 5.41) is 23.6. The van der Waals surface area contributed by atoms with Gasteiger partial charge in [0.2, 0.25) is 17.7 Å². The number of hydrogen-bond donors (Lipinski definition) is 6. The zero-order chi connectivity index (χ0) is 22.1. The van der Waals surface area contributed by atoms with Crippen LogP contribution in [0.1, 0.15) is 46.0 Å². The highest BCUT2D eigenvalue weighted by Crippen LogP contribution is 2.19. The SMILES string of the molecule is CC(N)C(=O)N1CCCC1C(=O)NC(CCCCN)C(=O)NC(C(=O)O)C(C)O. The molecule has 5 atom stereocenters. The zero-order valence-electron chi connectivity index (χ0n) is 17.0. The molecule has 166 valence electrons. The number of aliphatic hydroxyl groups excluding tert-OH is 1. The molecule has 3 amide bonds. The molecular weight excluding hydrogens is 382 g/mol. The number of carboxylic acid groups (broad SMARTS) is 1. The summed E-state index contributed by atoms with van der Waals surface area (Å²) in [5.41, 5.74) is 11.1. The lowest BCUT2D eigenvalue weighted by molar-refractivity contribution is -0.145. The maximum Gasteiger partial charge on any atom is 0.328 e. The number of aliphatic hydroxyl groups is 1. The van der Waals surface area contributed by atoms with Gasteiger partial charge in [-0.1, -0.05) is 0 Å². The Morgan fingerprint density at radius 2 is 1.83 bits per heavy atom. The molecule has 5 unspecified atom stereocenters. The van der Waals surface area contributed by atoms with Gasteiger partial charge in [0.25, 0.3) is 0 Å². The highest BCUT2D eigenvalue weighted by molar-refractivity contribution is 5.94. The van der Waals surface area contributed by atoms with Crippen molar-refractivity contribution >= 4 is 23.7 Å². The first kappa shape index (κ1) is 24.8. The van der Waals surface area contributed by atoms with Crippen LogP contribution in [-0.2, 0) is 19.2 Å². The lowest BCUT2D eigenvalue weighted by atomic mass is 10.1. The third kappa shape index (κ3) is 7.26. The fraction of sp³-hybridized carbons (Fsp3) is 0.778. The third-order valence-electron chi connectivity index (χ3n) is 4.85. The molecule has 1 rings (SSSR count). The van der Waals surface area contributed by atoms with Crippen LogP contribution in [0.3, 0.4) is 0 Å². The Bertz CT molecular complexity index is 597. The molecule has 11 nitrogen and oxygen atoms in total. The van der Waals surface area contributed by atoms with Crippen LogP contribution in [0.4, 0.5) is 0 Å². The standard InChI is InChI=1S/C18H33N5O6/c1-10(20)17(27)23-9-5-7-13(23)16(26)21-12(6-3-4-8-19)15(25)22-14(11(2)24)18(28)29/h10-14,24H,3-9,19-20H2,1-2H3,(H,21,26)(H,22,25)(H,28,29). The molecule has 0 aromatic heterocycles. The van der Waals surface area contributed by atoms with Crippen molar-refractivity contribution in [1.29, 1.82) is 0 Å². The summed E-state index contributed by atoms with van der Waals surface area (Å²) < 4.78 is 0. The van der Waals surface area contributed by atoms with E-state index in [2.05, 4.69) is 10.6 Å². The second-order valence-corrected chi connectivity index (χ2v) is 7.39. The average Bonchev–Trinajstić information content (AvgIpc) is 3.13. The van der Waals surface area contributed by atoms with Crippen LogP contribution in [0.25, 0.3) is 0 Å². The van der Waals surface area contributed by atoms with Crippen LogP contribution in [0.15, 0.2) is 0 Å². The van der Waals surface area contributed by atoms with E-state index in [0.717, 1.165) is 0 Å². The number of hydrogen-bond acceptors (Lipinski definition) is 7. The number of rotatable bonds is 11. The van der Waals surface area contributed by atoms with Gasteiger partial charge in [-0.2, -0.15) is 0 Å². The highest BCUT2D eigenvalue weighted by Gasteiger charge is 2.37. The van der Waals surface area contributed by atoms with E-state index in [9.17, 15) is 24.3 Å². The van der Waals surface area contributed by atoms with Crippen LogP contribution >= 0.6 is 0 Å². The molecule has 0 bridgehead atoms. The number of nitrogens with zero attached hydrogens (tertiary/aromatic N) is 1. The Labute approximate surface area is 170 Å². The number of carbonyl (C=O) groups excluding carboxylic acids is 3. The molecule has 1 heterocycles. The molecule has 0 aromatic carbocycles. The summed E-state index contributed by atoms with van der Waals surface area (Å²) in [6, 6.07) is -3.98. The molecule has 0 aromatic rings. The van der Waals surface area contributed by atoms with Gasteiger partial charge in [0, 0.05) is 6.54 Å². The first-order valence-corrected chi connectivity index (χ1v) is 9.87. The summed E-state index contributed by atoms with van der Waals surface area (Å²) in [7, 11) is 0. The minimum absolute atomic E-state index is 0.245. The molecule has 1 saturated heterocycles. The van der Waals surface area contributed by atoms with Gasteiger partial charge in [0.15, 0.2) is 6.04 Å². The van der Waals surface area contributed by atoms with Crippen LogP contribution in [0.2, 0.25) is 0 Å². The van der Waals surface area contributed by atoms with E-state index >= 15 is 0 Å². The quantitative estimate of drug-likeness (QED) is 0.207. The molecule has 29 heavy (non-hydrogen) atoms. The number of carboxylic acids is 1. The minimum Gasteiger partial charge on any atom is -0.480 e. The minimum atomic E-state index is -1.50. The van der Waals surface area contributed by atoms with Gasteiger partial charge >= 0.3 is 5.97 Å². The number of amides is 3. The normalized spacial score (nSPS) is 20.4. The number of carbonyl (C=O) groups is 4. The fourth-order valence-corrected chi connectivity index (χ4v) is 3.24. The van der Waals surface area contributed by atoms with E-state index in [1.54, 1.807) is 6.92 Å². The summed E-state index contributed by atoms with van der Waals surface area (Å²) in [4.78, 5) is 50.2. The smallest absolute Gasteiger partial charge is 0.328 e. The molecule has 11 heteroatoms. The Hall–Kier alpha value is -2.24. The number of nitrogens with two attached hydrogens (primary N) is 2. The van der Waals surface area contributed by atoms with E-state index in [-0.39, 0.29) is 12.3 Å². The van der Waals surface area contributed by atoms with Gasteiger partial charge in [-0.25, -0.2) is 4.79 Å². The van der Waals surface area contributed by atoms with Crippen LogP contribution in [0.5, 0.6) is 0 Å². The maximum absolute atomic E-state index is 12.8. The average molecular weight is 415 g/mol. The summed E-state index contributed by atoms with van der Waals surface area (Å²) >= 11 is 0. The molecule has 1 aliphatic heterocycles. The van der Waals surface area contributed by atoms with Crippen LogP contribution in [-0.4, -0.2) is 82.2 Å². The van der Waals surface area contributed by atoms with Crippen LogP contribution in [0, 0.1) is 0 Å². The van der Waals surface area contributed by atoms with Gasteiger partial charge in [-0.05, 0) is 52.5 Å². The Balaban J connectivity index is 2.88. The van der Waals surface area contributed by atoms with Crippen molar-refractivity contribution in [3.63, 3.8) is 0 Å². The Kier molecular flexibility index (Phi) is 9.99. The molecule has 1 aliphatic rings. The lowest BCUT2D eigenvalue weighted by Gasteiger charge is -2.28.